The summed E-state index contributed by atoms with van der Waals surface area (Å²) < 4.78 is 0. The second kappa shape index (κ2) is 4.36. The van der Waals surface area contributed by atoms with Crippen LogP contribution in [-0.4, -0.2) is 17.0 Å². The molecule has 0 spiro atoms. The molecule has 0 fully saturated rings. The Morgan fingerprint density at radius 1 is 1.38 bits per heavy atom. The number of anilines is 1. The van der Waals surface area contributed by atoms with Gasteiger partial charge in [0.05, 0.1) is 11.3 Å². The zero-order chi connectivity index (χ0) is 12.3. The van der Waals surface area contributed by atoms with Crippen molar-refractivity contribution < 1.29 is 14.7 Å². The van der Waals surface area contributed by atoms with Gasteiger partial charge in [0, 0.05) is 11.5 Å². The number of carbonyl (C=O) groups is 2. The van der Waals surface area contributed by atoms with Crippen LogP contribution >= 0.6 is 0 Å². The Morgan fingerprint density at radius 3 is 2.50 bits per heavy atom. The smallest absolute Gasteiger partial charge is 0.337 e. The van der Waals surface area contributed by atoms with Crippen LogP contribution in [0.25, 0.3) is 0 Å². The molecule has 0 unspecified atom stereocenters. The number of rotatable bonds is 1. The lowest BCUT2D eigenvalue weighted by atomic mass is 10.0. The second-order valence-corrected chi connectivity index (χ2v) is 3.19. The normalized spacial score (nSPS) is 9.06. The fourth-order valence-electron chi connectivity index (χ4n) is 1.21. The molecule has 1 rings (SSSR count). The molecule has 82 valence electrons. The van der Waals surface area contributed by atoms with Crippen LogP contribution in [0.2, 0.25) is 0 Å². The monoisotopic (exact) mass is 218 g/mol. The highest BCUT2D eigenvalue weighted by Gasteiger charge is 2.11. The Balaban J connectivity index is 3.37. The van der Waals surface area contributed by atoms with Crippen LogP contribution in [0.1, 0.15) is 21.5 Å². The Labute approximate surface area is 92.1 Å². The number of primary amides is 1. The van der Waals surface area contributed by atoms with Crippen molar-refractivity contribution in [2.75, 3.05) is 5.73 Å². The van der Waals surface area contributed by atoms with Crippen LogP contribution in [0, 0.1) is 18.8 Å². The molecular formula is C11H10N2O3. The number of carbonyl (C=O) groups excluding carboxylic acids is 1. The lowest BCUT2D eigenvalue weighted by molar-refractivity contribution is -0.112. The van der Waals surface area contributed by atoms with E-state index in [1.807, 2.05) is 0 Å². The van der Waals surface area contributed by atoms with Crippen LogP contribution < -0.4 is 11.5 Å². The highest BCUT2D eigenvalue weighted by atomic mass is 16.4. The minimum atomic E-state index is -1.14. The minimum Gasteiger partial charge on any atom is -0.478 e. The number of carboxylic acids is 1. The van der Waals surface area contributed by atoms with E-state index in [-0.39, 0.29) is 16.8 Å². The molecule has 0 aliphatic heterocycles. The van der Waals surface area contributed by atoms with E-state index in [2.05, 4.69) is 11.8 Å². The molecule has 0 heterocycles. The number of aromatic carboxylic acids is 1. The van der Waals surface area contributed by atoms with Crippen LogP contribution in [0.5, 0.6) is 0 Å². The van der Waals surface area contributed by atoms with Crippen molar-refractivity contribution in [1.82, 2.24) is 0 Å². The van der Waals surface area contributed by atoms with Gasteiger partial charge in [-0.1, -0.05) is 5.92 Å². The summed E-state index contributed by atoms with van der Waals surface area (Å²) in [5.74, 6) is 2.62. The second-order valence-electron chi connectivity index (χ2n) is 3.19. The molecule has 5 heteroatoms. The van der Waals surface area contributed by atoms with E-state index in [1.165, 1.54) is 6.07 Å². The van der Waals surface area contributed by atoms with Gasteiger partial charge in [-0.2, -0.15) is 0 Å². The van der Waals surface area contributed by atoms with Crippen molar-refractivity contribution in [1.29, 1.82) is 0 Å². The van der Waals surface area contributed by atoms with Crippen LogP contribution in [-0.2, 0) is 4.79 Å². The summed E-state index contributed by atoms with van der Waals surface area (Å²) in [5.41, 5.74) is 11.4. The van der Waals surface area contributed by atoms with Gasteiger partial charge in [-0.25, -0.2) is 4.79 Å². The van der Waals surface area contributed by atoms with Gasteiger partial charge in [0.25, 0.3) is 5.91 Å². The van der Waals surface area contributed by atoms with E-state index in [0.29, 0.717) is 5.56 Å². The maximum atomic E-state index is 10.8. The van der Waals surface area contributed by atoms with E-state index in [1.54, 1.807) is 13.0 Å². The van der Waals surface area contributed by atoms with E-state index in [0.717, 1.165) is 0 Å². The SMILES string of the molecule is Cc1cc(C#CC(N)=O)c(N)c(C(=O)O)c1. The molecule has 0 atom stereocenters. The van der Waals surface area contributed by atoms with Crippen molar-refractivity contribution >= 4 is 17.6 Å². The van der Waals surface area contributed by atoms with E-state index in [9.17, 15) is 9.59 Å². The molecule has 0 aliphatic rings. The predicted octanol–water partition coefficient (Wildman–Crippen LogP) is 0.112. The highest BCUT2D eigenvalue weighted by Crippen LogP contribution is 2.19. The standard InChI is InChI=1S/C11H10N2O3/c1-6-4-7(2-3-9(12)14)10(13)8(5-6)11(15)16/h4-5H,13H2,1H3,(H2,12,14)(H,15,16). The third-order valence-corrected chi connectivity index (χ3v) is 1.88. The Hall–Kier alpha value is -2.48. The molecule has 0 saturated carbocycles. The number of nitrogens with two attached hydrogens (primary N) is 2. The molecule has 0 bridgehead atoms. The molecule has 5 nitrogen and oxygen atoms in total. The van der Waals surface area contributed by atoms with E-state index >= 15 is 0 Å². The average molecular weight is 218 g/mol. The largest absolute Gasteiger partial charge is 0.478 e. The summed E-state index contributed by atoms with van der Waals surface area (Å²) in [6.45, 7) is 1.71. The fourth-order valence-corrected chi connectivity index (χ4v) is 1.21. The van der Waals surface area contributed by atoms with Gasteiger partial charge in [-0.3, -0.25) is 4.79 Å². The van der Waals surface area contributed by atoms with Crippen LogP contribution in [0.3, 0.4) is 0 Å². The Bertz CT molecular complexity index is 524. The zero-order valence-electron chi connectivity index (χ0n) is 8.57. The lowest BCUT2D eigenvalue weighted by Crippen LogP contribution is -2.07. The Kier molecular flexibility index (Phi) is 3.16. The summed E-state index contributed by atoms with van der Waals surface area (Å²) in [6, 6.07) is 3.03. The first-order valence-electron chi connectivity index (χ1n) is 4.36. The number of aryl methyl sites for hydroxylation is 1. The van der Waals surface area contributed by atoms with Crippen molar-refractivity contribution in [2.45, 2.75) is 6.92 Å². The number of benzene rings is 1. The van der Waals surface area contributed by atoms with Gasteiger partial charge < -0.3 is 16.6 Å². The zero-order valence-corrected chi connectivity index (χ0v) is 8.57. The van der Waals surface area contributed by atoms with E-state index in [4.69, 9.17) is 16.6 Å². The molecule has 0 aromatic heterocycles. The summed E-state index contributed by atoms with van der Waals surface area (Å²) in [7, 11) is 0. The Morgan fingerprint density at radius 2 is 2.00 bits per heavy atom. The number of carboxylic acid groups (broad SMARTS) is 1. The molecule has 0 saturated heterocycles. The number of amides is 1. The van der Waals surface area contributed by atoms with Crippen LogP contribution in [0.4, 0.5) is 5.69 Å². The number of nitrogen functional groups attached to an aromatic ring is 1. The van der Waals surface area contributed by atoms with Crippen molar-refractivity contribution in [2.24, 2.45) is 5.73 Å². The van der Waals surface area contributed by atoms with E-state index < -0.39 is 11.9 Å². The summed E-state index contributed by atoms with van der Waals surface area (Å²) in [6.07, 6.45) is 0. The van der Waals surface area contributed by atoms with Crippen molar-refractivity contribution in [3.05, 3.63) is 28.8 Å². The topological polar surface area (TPSA) is 106 Å². The summed E-state index contributed by atoms with van der Waals surface area (Å²) in [5, 5.41) is 8.87. The first-order chi connectivity index (χ1) is 7.41. The first-order valence-corrected chi connectivity index (χ1v) is 4.36. The molecular weight excluding hydrogens is 208 g/mol. The predicted molar refractivity (Wildman–Crippen MR) is 58.6 cm³/mol. The average Bonchev–Trinajstić information content (AvgIpc) is 2.18. The number of hydrogen-bond acceptors (Lipinski definition) is 3. The van der Waals surface area contributed by atoms with Gasteiger partial charge in [-0.05, 0) is 24.6 Å². The maximum absolute atomic E-state index is 10.8. The number of hydrogen-bond donors (Lipinski definition) is 3. The van der Waals surface area contributed by atoms with Crippen molar-refractivity contribution in [3.63, 3.8) is 0 Å². The molecule has 5 N–H and O–H groups in total. The third-order valence-electron chi connectivity index (χ3n) is 1.88. The van der Waals surface area contributed by atoms with Gasteiger partial charge in [-0.15, -0.1) is 0 Å². The minimum absolute atomic E-state index is 0.0335. The molecule has 0 aliphatic carbocycles. The summed E-state index contributed by atoms with van der Waals surface area (Å²) in [4.78, 5) is 21.3. The lowest BCUT2D eigenvalue weighted by Gasteiger charge is -2.05. The molecule has 16 heavy (non-hydrogen) atoms. The van der Waals surface area contributed by atoms with Gasteiger partial charge in [0.1, 0.15) is 0 Å². The quantitative estimate of drug-likeness (QED) is 0.459. The van der Waals surface area contributed by atoms with Gasteiger partial charge in [0.15, 0.2) is 0 Å². The summed E-state index contributed by atoms with van der Waals surface area (Å²) >= 11 is 0. The molecule has 1 aromatic rings. The van der Waals surface area contributed by atoms with Crippen LogP contribution in [0.15, 0.2) is 12.1 Å². The van der Waals surface area contributed by atoms with Crippen molar-refractivity contribution in [3.8, 4) is 11.8 Å². The van der Waals surface area contributed by atoms with Gasteiger partial charge in [0.2, 0.25) is 0 Å². The highest BCUT2D eigenvalue weighted by molar-refractivity contribution is 5.97. The molecule has 0 radical (unpaired) electrons. The first kappa shape index (κ1) is 11.6. The molecule has 1 amide bonds. The maximum Gasteiger partial charge on any atom is 0.337 e. The third kappa shape index (κ3) is 2.51. The fraction of sp³-hybridized carbons (Fsp3) is 0.0909. The molecule has 1 aromatic carbocycles. The van der Waals surface area contributed by atoms with Gasteiger partial charge >= 0.3 is 5.97 Å².